The van der Waals surface area contributed by atoms with Crippen LogP contribution in [-0.4, -0.2) is 41.2 Å². The molecule has 1 aromatic heterocycles. The molecule has 0 aliphatic carbocycles. The highest BCUT2D eigenvalue weighted by Gasteiger charge is 2.47. The number of nitrogens with one attached hydrogen (secondary N) is 2. The van der Waals surface area contributed by atoms with E-state index in [-0.39, 0.29) is 22.6 Å². The number of methoxy groups -OCH3 is 1. The van der Waals surface area contributed by atoms with Crippen LogP contribution in [-0.2, 0) is 12.4 Å². The van der Waals surface area contributed by atoms with E-state index in [2.05, 4.69) is 41.3 Å². The lowest BCUT2D eigenvalue weighted by molar-refractivity contribution is -0.143. The molecule has 2 N–H and O–H groups in total. The molecule has 3 aliphatic rings. The first-order valence-electron chi connectivity index (χ1n) is 14.1. The van der Waals surface area contributed by atoms with E-state index < -0.39 is 35.2 Å². The number of halogens is 6. The molecule has 4 unspecified atom stereocenters. The zero-order valence-electron chi connectivity index (χ0n) is 24.2. The van der Waals surface area contributed by atoms with Gasteiger partial charge in [0, 0.05) is 29.9 Å². The number of aromatic nitrogens is 1. The van der Waals surface area contributed by atoms with Crippen LogP contribution in [0.15, 0.2) is 48.7 Å². The van der Waals surface area contributed by atoms with Crippen LogP contribution in [0.4, 0.5) is 32.0 Å². The molecule has 3 fully saturated rings. The molecule has 2 aromatic carbocycles. The highest BCUT2D eigenvalue weighted by molar-refractivity contribution is 7.80. The van der Waals surface area contributed by atoms with Gasteiger partial charge in [0.1, 0.15) is 5.75 Å². The van der Waals surface area contributed by atoms with E-state index in [4.69, 9.17) is 17.0 Å². The standard InChI is InChI=1S/C31H34F6N4OS/c1-29(2,3)24-16-41-10-8-17(24)11-26(41)27(22-7-9-38-25-6-5-21(42-4)15-23(22)25)40-28(43)39-20-13-18(30(32,33)34)12-19(14-20)31(35,36)37/h5-7,9,12-15,17,24,26-27H,8,10-11,16H2,1-4H3,(H2,39,40,43)/t17?,24?,26?,27-/m0/s1. The van der Waals surface area contributed by atoms with E-state index in [1.165, 1.54) is 0 Å². The van der Waals surface area contributed by atoms with Crippen molar-refractivity contribution in [1.29, 1.82) is 0 Å². The molecule has 3 aliphatic heterocycles. The van der Waals surface area contributed by atoms with Gasteiger partial charge in [0.15, 0.2) is 5.11 Å². The highest BCUT2D eigenvalue weighted by atomic mass is 32.1. The summed E-state index contributed by atoms with van der Waals surface area (Å²) >= 11 is 5.55. The molecule has 0 saturated carbocycles. The molecule has 3 saturated heterocycles. The first kappa shape index (κ1) is 31.3. The Morgan fingerprint density at radius 2 is 1.67 bits per heavy atom. The van der Waals surface area contributed by atoms with Crippen molar-refractivity contribution in [2.75, 3.05) is 25.5 Å². The first-order valence-corrected chi connectivity index (χ1v) is 14.5. The van der Waals surface area contributed by atoms with Gasteiger partial charge in [-0.25, -0.2) is 0 Å². The maximum Gasteiger partial charge on any atom is 0.416 e. The topological polar surface area (TPSA) is 49.4 Å². The Labute approximate surface area is 252 Å². The summed E-state index contributed by atoms with van der Waals surface area (Å²) in [5.41, 5.74) is -1.54. The average molecular weight is 625 g/mol. The summed E-state index contributed by atoms with van der Waals surface area (Å²) in [4.78, 5) is 6.92. The maximum absolute atomic E-state index is 13.5. The van der Waals surface area contributed by atoms with Gasteiger partial charge in [-0.3, -0.25) is 9.88 Å². The lowest BCUT2D eigenvalue weighted by Crippen LogP contribution is -2.60. The zero-order valence-corrected chi connectivity index (χ0v) is 25.1. The number of pyridine rings is 1. The number of benzene rings is 2. The molecule has 3 aromatic rings. The van der Waals surface area contributed by atoms with Gasteiger partial charge in [-0.05, 0) is 96.9 Å². The van der Waals surface area contributed by atoms with Gasteiger partial charge in [0.2, 0.25) is 0 Å². The largest absolute Gasteiger partial charge is 0.497 e. The first-order chi connectivity index (χ1) is 20.0. The number of thiocarbonyl (C=S) groups is 1. The van der Waals surface area contributed by atoms with Crippen molar-refractivity contribution in [1.82, 2.24) is 15.2 Å². The molecule has 5 atom stereocenters. The van der Waals surface area contributed by atoms with Crippen molar-refractivity contribution in [3.63, 3.8) is 0 Å². The van der Waals surface area contributed by atoms with Gasteiger partial charge in [-0.1, -0.05) is 20.8 Å². The monoisotopic (exact) mass is 624 g/mol. The Morgan fingerprint density at radius 1 is 1.00 bits per heavy atom. The minimum Gasteiger partial charge on any atom is -0.497 e. The van der Waals surface area contributed by atoms with E-state index in [1.807, 2.05) is 18.2 Å². The van der Waals surface area contributed by atoms with Crippen molar-refractivity contribution in [2.45, 2.75) is 58.0 Å². The van der Waals surface area contributed by atoms with E-state index in [0.717, 1.165) is 42.4 Å². The van der Waals surface area contributed by atoms with Crippen molar-refractivity contribution >= 4 is 33.9 Å². The summed E-state index contributed by atoms with van der Waals surface area (Å²) in [7, 11) is 1.56. The Hall–Kier alpha value is -3.12. The van der Waals surface area contributed by atoms with Crippen LogP contribution < -0.4 is 15.4 Å². The molecule has 43 heavy (non-hydrogen) atoms. The number of fused-ring (bicyclic) bond motifs is 4. The number of piperidine rings is 3. The predicted octanol–water partition coefficient (Wildman–Crippen LogP) is 8.07. The number of hydrogen-bond acceptors (Lipinski definition) is 4. The third-order valence-electron chi connectivity index (χ3n) is 8.75. The Balaban J connectivity index is 1.52. The minimum absolute atomic E-state index is 0.0267. The van der Waals surface area contributed by atoms with Crippen LogP contribution in [0.25, 0.3) is 10.9 Å². The van der Waals surface area contributed by atoms with Crippen LogP contribution in [0.3, 0.4) is 0 Å². The summed E-state index contributed by atoms with van der Waals surface area (Å²) in [5, 5.41) is 6.63. The van der Waals surface area contributed by atoms with Crippen LogP contribution in [0.2, 0.25) is 0 Å². The fourth-order valence-electron chi connectivity index (χ4n) is 6.66. The third-order valence-corrected chi connectivity index (χ3v) is 8.97. The van der Waals surface area contributed by atoms with Gasteiger partial charge in [-0.2, -0.15) is 26.3 Å². The summed E-state index contributed by atoms with van der Waals surface area (Å²) in [6.45, 7) is 8.50. The molecule has 4 heterocycles. The maximum atomic E-state index is 13.5. The van der Waals surface area contributed by atoms with E-state index >= 15 is 0 Å². The molecule has 0 spiro atoms. The number of nitrogens with zero attached hydrogens (tertiary/aromatic N) is 2. The van der Waals surface area contributed by atoms with Gasteiger partial charge in [0.05, 0.1) is 29.8 Å². The van der Waals surface area contributed by atoms with Crippen LogP contribution in [0.5, 0.6) is 5.75 Å². The van der Waals surface area contributed by atoms with E-state index in [0.29, 0.717) is 29.7 Å². The number of hydrogen-bond donors (Lipinski definition) is 2. The van der Waals surface area contributed by atoms with Crippen molar-refractivity contribution in [2.24, 2.45) is 17.3 Å². The van der Waals surface area contributed by atoms with Crippen LogP contribution >= 0.6 is 12.2 Å². The molecule has 0 amide bonds. The zero-order chi connectivity index (χ0) is 31.3. The Bertz CT molecular complexity index is 1470. The minimum atomic E-state index is -4.97. The van der Waals surface area contributed by atoms with E-state index in [9.17, 15) is 26.3 Å². The Morgan fingerprint density at radius 3 is 2.23 bits per heavy atom. The van der Waals surface area contributed by atoms with Gasteiger partial charge in [-0.15, -0.1) is 0 Å². The number of alkyl halides is 6. The summed E-state index contributed by atoms with van der Waals surface area (Å²) in [6.07, 6.45) is -6.34. The molecule has 2 bridgehead atoms. The fraction of sp³-hybridized carbons (Fsp3) is 0.484. The Kier molecular flexibility index (Phi) is 8.32. The van der Waals surface area contributed by atoms with E-state index in [1.54, 1.807) is 19.4 Å². The lowest BCUT2D eigenvalue weighted by atomic mass is 9.64. The second kappa shape index (κ2) is 11.4. The summed E-state index contributed by atoms with van der Waals surface area (Å²) < 4.78 is 86.4. The fourth-order valence-corrected chi connectivity index (χ4v) is 6.90. The van der Waals surface area contributed by atoms with Gasteiger partial charge < -0.3 is 15.4 Å². The molecule has 12 heteroatoms. The third kappa shape index (κ3) is 6.69. The number of anilines is 1. The van der Waals surface area contributed by atoms with Gasteiger partial charge >= 0.3 is 12.4 Å². The summed E-state index contributed by atoms with van der Waals surface area (Å²) in [6, 6.07) is 8.29. The molecule has 0 radical (unpaired) electrons. The number of rotatable bonds is 5. The molecule has 232 valence electrons. The molecule has 6 rings (SSSR count). The number of ether oxygens (including phenoxy) is 1. The lowest BCUT2D eigenvalue weighted by Gasteiger charge is -2.55. The van der Waals surface area contributed by atoms with Crippen LogP contribution in [0, 0.1) is 17.3 Å². The van der Waals surface area contributed by atoms with Crippen molar-refractivity contribution in [3.05, 3.63) is 65.4 Å². The summed E-state index contributed by atoms with van der Waals surface area (Å²) in [5.74, 6) is 1.58. The molecular formula is C31H34F6N4OS. The SMILES string of the molecule is COc1ccc2nccc([C@H](NC(=S)Nc3cc(C(F)(F)F)cc(C(F)(F)F)c3)C3CC4CCN3CC4C(C)(C)C)c2c1. The predicted molar refractivity (Wildman–Crippen MR) is 158 cm³/mol. The second-order valence-corrected chi connectivity index (χ2v) is 12.9. The van der Waals surface area contributed by atoms with Gasteiger partial charge in [0.25, 0.3) is 0 Å². The smallest absolute Gasteiger partial charge is 0.416 e. The van der Waals surface area contributed by atoms with Crippen LogP contribution in [0.1, 0.15) is 56.3 Å². The molecule has 5 nitrogen and oxygen atoms in total. The van der Waals surface area contributed by atoms with Crippen molar-refractivity contribution in [3.8, 4) is 5.75 Å². The van der Waals surface area contributed by atoms with Crippen molar-refractivity contribution < 1.29 is 31.1 Å². The average Bonchev–Trinajstić information content (AvgIpc) is 2.94. The highest BCUT2D eigenvalue weighted by Crippen LogP contribution is 2.48. The second-order valence-electron chi connectivity index (χ2n) is 12.5. The molecular weight excluding hydrogens is 590 g/mol. The normalized spacial score (nSPS) is 23.2. The quantitative estimate of drug-likeness (QED) is 0.221.